The van der Waals surface area contributed by atoms with Gasteiger partial charge >= 0.3 is 6.03 Å². The van der Waals surface area contributed by atoms with Crippen LogP contribution < -0.4 is 4.90 Å². The first kappa shape index (κ1) is 18.3. The van der Waals surface area contributed by atoms with Gasteiger partial charge in [0.1, 0.15) is 0 Å². The molecule has 1 aromatic rings. The number of urea groups is 1. The van der Waals surface area contributed by atoms with E-state index in [4.69, 9.17) is 16.3 Å². The van der Waals surface area contributed by atoms with Gasteiger partial charge in [0.05, 0.1) is 18.2 Å². The van der Waals surface area contributed by atoms with Gasteiger partial charge in [-0.05, 0) is 38.0 Å². The standard InChI is InChI=1S/C19H22ClN3O4/c1-10-9-23-14-7-13(20)6-5-12(14)8-19(15(23)11(2)27-10)16(24)21(3)18(26)22(4)17(19)25/h5-7,10-11,15H,8-9H2,1-4H3/t10-,11+,15+/m1/s1. The Hall–Kier alpha value is -2.12. The van der Waals surface area contributed by atoms with Crippen molar-refractivity contribution in [2.75, 3.05) is 25.5 Å². The van der Waals surface area contributed by atoms with E-state index in [1.165, 1.54) is 14.1 Å². The van der Waals surface area contributed by atoms with Crippen LogP contribution in [0.3, 0.4) is 0 Å². The van der Waals surface area contributed by atoms with E-state index in [0.717, 1.165) is 21.1 Å². The number of ether oxygens (including phenoxy) is 1. The molecule has 3 aliphatic heterocycles. The second-order valence-electron chi connectivity index (χ2n) is 7.68. The minimum atomic E-state index is -1.40. The average molecular weight is 392 g/mol. The van der Waals surface area contributed by atoms with E-state index in [1.54, 1.807) is 6.07 Å². The van der Waals surface area contributed by atoms with Gasteiger partial charge in [-0.2, -0.15) is 0 Å². The van der Waals surface area contributed by atoms with E-state index in [-0.39, 0.29) is 18.6 Å². The molecule has 1 spiro atoms. The summed E-state index contributed by atoms with van der Waals surface area (Å²) in [4.78, 5) is 43.2. The summed E-state index contributed by atoms with van der Waals surface area (Å²) in [5.74, 6) is -0.951. The molecule has 3 atom stereocenters. The first-order valence-corrected chi connectivity index (χ1v) is 9.37. The van der Waals surface area contributed by atoms with Gasteiger partial charge < -0.3 is 9.64 Å². The molecular formula is C19H22ClN3O4. The number of barbiturate groups is 1. The third-order valence-electron chi connectivity index (χ3n) is 5.96. The maximum atomic E-state index is 13.4. The zero-order valence-corrected chi connectivity index (χ0v) is 16.5. The summed E-state index contributed by atoms with van der Waals surface area (Å²) in [6.45, 7) is 4.37. The quantitative estimate of drug-likeness (QED) is 0.632. The fourth-order valence-electron chi connectivity index (χ4n) is 4.89. The van der Waals surface area contributed by atoms with Crippen LogP contribution in [0.2, 0.25) is 5.02 Å². The summed E-state index contributed by atoms with van der Waals surface area (Å²) in [6.07, 6.45) is -0.226. The van der Waals surface area contributed by atoms with Gasteiger partial charge in [-0.1, -0.05) is 17.7 Å². The molecule has 2 fully saturated rings. The minimum Gasteiger partial charge on any atom is -0.372 e. The van der Waals surface area contributed by atoms with Gasteiger partial charge in [0, 0.05) is 31.4 Å². The van der Waals surface area contributed by atoms with E-state index in [9.17, 15) is 14.4 Å². The number of rotatable bonds is 0. The van der Waals surface area contributed by atoms with Gasteiger partial charge in [0.2, 0.25) is 11.8 Å². The monoisotopic (exact) mass is 391 g/mol. The topological polar surface area (TPSA) is 70.2 Å². The van der Waals surface area contributed by atoms with E-state index >= 15 is 0 Å². The van der Waals surface area contributed by atoms with Crippen LogP contribution in [0.4, 0.5) is 10.5 Å². The molecule has 2 saturated heterocycles. The van der Waals surface area contributed by atoms with Crippen LogP contribution in [0.5, 0.6) is 0 Å². The number of carbonyl (C=O) groups is 3. The molecule has 3 aliphatic rings. The predicted molar refractivity (Wildman–Crippen MR) is 99.7 cm³/mol. The van der Waals surface area contributed by atoms with E-state index < -0.39 is 29.3 Å². The van der Waals surface area contributed by atoms with Gasteiger partial charge in [-0.3, -0.25) is 19.4 Å². The van der Waals surface area contributed by atoms with E-state index in [1.807, 2.05) is 26.0 Å². The number of halogens is 1. The normalized spacial score (nSPS) is 29.9. The SMILES string of the molecule is C[C@@H]1CN2c3cc(Cl)ccc3CC3(C(=O)N(C)C(=O)N(C)C3=O)[C@@H]2[C@H](C)O1. The molecule has 4 rings (SSSR count). The number of benzene rings is 1. The van der Waals surface area contributed by atoms with Gasteiger partial charge in [-0.25, -0.2) is 4.79 Å². The van der Waals surface area contributed by atoms with Crippen molar-refractivity contribution in [1.82, 2.24) is 9.80 Å². The number of imide groups is 2. The molecule has 0 aromatic heterocycles. The second-order valence-corrected chi connectivity index (χ2v) is 8.12. The highest BCUT2D eigenvalue weighted by molar-refractivity contribution is 6.31. The lowest BCUT2D eigenvalue weighted by molar-refractivity contribution is -0.166. The molecule has 0 aliphatic carbocycles. The molecule has 0 saturated carbocycles. The number of hydrogen-bond donors (Lipinski definition) is 0. The number of morpholine rings is 1. The Labute approximate surface area is 162 Å². The number of fused-ring (bicyclic) bond motifs is 4. The summed E-state index contributed by atoms with van der Waals surface area (Å²) in [5, 5.41) is 0.598. The molecule has 1 aromatic carbocycles. The van der Waals surface area contributed by atoms with Crippen LogP contribution >= 0.6 is 11.6 Å². The molecular weight excluding hydrogens is 370 g/mol. The summed E-state index contributed by atoms with van der Waals surface area (Å²) in [6, 6.07) is 4.37. The fourth-order valence-corrected chi connectivity index (χ4v) is 5.06. The highest BCUT2D eigenvalue weighted by Crippen LogP contribution is 2.49. The van der Waals surface area contributed by atoms with Crippen LogP contribution in [0.25, 0.3) is 0 Å². The molecule has 7 nitrogen and oxygen atoms in total. The van der Waals surface area contributed by atoms with Crippen molar-refractivity contribution in [2.24, 2.45) is 5.41 Å². The van der Waals surface area contributed by atoms with Crippen molar-refractivity contribution in [2.45, 2.75) is 38.5 Å². The van der Waals surface area contributed by atoms with Crippen LogP contribution in [-0.2, 0) is 20.7 Å². The zero-order valence-electron chi connectivity index (χ0n) is 15.7. The van der Waals surface area contributed by atoms with Crippen molar-refractivity contribution in [3.8, 4) is 0 Å². The summed E-state index contributed by atoms with van der Waals surface area (Å²) < 4.78 is 6.02. The molecule has 0 radical (unpaired) electrons. The molecule has 3 heterocycles. The number of nitrogens with zero attached hydrogens (tertiary/aromatic N) is 3. The lowest BCUT2D eigenvalue weighted by Gasteiger charge is -2.57. The Bertz CT molecular complexity index is 833. The van der Waals surface area contributed by atoms with Crippen molar-refractivity contribution < 1.29 is 19.1 Å². The largest absolute Gasteiger partial charge is 0.372 e. The average Bonchev–Trinajstić information content (AvgIpc) is 2.63. The molecule has 144 valence electrons. The smallest absolute Gasteiger partial charge is 0.332 e. The molecule has 8 heteroatoms. The third-order valence-corrected chi connectivity index (χ3v) is 6.19. The summed E-state index contributed by atoms with van der Waals surface area (Å²) >= 11 is 6.23. The number of amides is 4. The van der Waals surface area contributed by atoms with E-state index in [2.05, 4.69) is 4.90 Å². The van der Waals surface area contributed by atoms with E-state index in [0.29, 0.717) is 11.6 Å². The van der Waals surface area contributed by atoms with Gasteiger partial charge in [0.15, 0.2) is 5.41 Å². The third kappa shape index (κ3) is 2.34. The Morgan fingerprint density at radius 1 is 1.11 bits per heavy atom. The zero-order chi connectivity index (χ0) is 19.7. The highest BCUT2D eigenvalue weighted by atomic mass is 35.5. The Balaban J connectivity index is 1.95. The second kappa shape index (κ2) is 5.94. The first-order chi connectivity index (χ1) is 12.7. The Morgan fingerprint density at radius 2 is 1.74 bits per heavy atom. The van der Waals surface area contributed by atoms with Crippen molar-refractivity contribution in [3.63, 3.8) is 0 Å². The van der Waals surface area contributed by atoms with Crippen molar-refractivity contribution >= 4 is 35.1 Å². The van der Waals surface area contributed by atoms with Crippen molar-refractivity contribution in [3.05, 3.63) is 28.8 Å². The molecule has 0 N–H and O–H groups in total. The van der Waals surface area contributed by atoms with Gasteiger partial charge in [-0.15, -0.1) is 0 Å². The molecule has 4 amide bonds. The predicted octanol–water partition coefficient (Wildman–Crippen LogP) is 1.92. The number of hydrogen-bond acceptors (Lipinski definition) is 5. The van der Waals surface area contributed by atoms with Crippen LogP contribution in [0.15, 0.2) is 18.2 Å². The summed E-state index contributed by atoms with van der Waals surface area (Å²) in [5.41, 5.74) is 0.385. The maximum absolute atomic E-state index is 13.4. The lowest BCUT2D eigenvalue weighted by Crippen LogP contribution is -2.75. The van der Waals surface area contributed by atoms with Gasteiger partial charge in [0.25, 0.3) is 0 Å². The maximum Gasteiger partial charge on any atom is 0.332 e. The Kier molecular flexibility index (Phi) is 4.01. The fraction of sp³-hybridized carbons (Fsp3) is 0.526. The van der Waals surface area contributed by atoms with Crippen LogP contribution in [0, 0.1) is 5.41 Å². The lowest BCUT2D eigenvalue weighted by atomic mass is 9.66. The number of carbonyl (C=O) groups excluding carboxylic acids is 3. The minimum absolute atomic E-state index is 0.0656. The first-order valence-electron chi connectivity index (χ1n) is 8.99. The Morgan fingerprint density at radius 3 is 2.37 bits per heavy atom. The van der Waals surface area contributed by atoms with Crippen LogP contribution in [0.1, 0.15) is 19.4 Å². The molecule has 0 bridgehead atoms. The highest BCUT2D eigenvalue weighted by Gasteiger charge is 2.65. The van der Waals surface area contributed by atoms with Crippen molar-refractivity contribution in [1.29, 1.82) is 0 Å². The molecule has 27 heavy (non-hydrogen) atoms. The summed E-state index contributed by atoms with van der Waals surface area (Å²) in [7, 11) is 2.85. The number of anilines is 1. The molecule has 0 unspecified atom stereocenters. The van der Waals surface area contributed by atoms with Crippen LogP contribution in [-0.4, -0.2) is 66.5 Å².